The van der Waals surface area contributed by atoms with E-state index in [2.05, 4.69) is 33.5 Å². The number of nitrogen functional groups attached to an aromatic ring is 1. The molecule has 0 spiro atoms. The molecule has 0 aliphatic carbocycles. The molecule has 0 unspecified atom stereocenters. The lowest BCUT2D eigenvalue weighted by atomic mass is 10.1. The number of aromatic nitrogens is 1. The number of hydrogen-bond donors (Lipinski definition) is 2. The van der Waals surface area contributed by atoms with Crippen molar-refractivity contribution in [1.29, 1.82) is 0 Å². The Morgan fingerprint density at radius 3 is 2.72 bits per heavy atom. The van der Waals surface area contributed by atoms with E-state index in [0.29, 0.717) is 0 Å². The average molecular weight is 242 g/mol. The van der Waals surface area contributed by atoms with Crippen LogP contribution in [0, 0.1) is 6.92 Å². The van der Waals surface area contributed by atoms with Crippen LogP contribution in [0.2, 0.25) is 0 Å². The van der Waals surface area contributed by atoms with Gasteiger partial charge in [0.25, 0.3) is 0 Å². The van der Waals surface area contributed by atoms with Crippen molar-refractivity contribution in [2.45, 2.75) is 19.8 Å². The third-order valence-electron chi connectivity index (χ3n) is 3.55. The van der Waals surface area contributed by atoms with Crippen LogP contribution in [-0.4, -0.2) is 18.1 Å². The minimum absolute atomic E-state index is 0.943. The van der Waals surface area contributed by atoms with E-state index in [9.17, 15) is 0 Å². The molecule has 1 aromatic heterocycles. The van der Waals surface area contributed by atoms with E-state index in [4.69, 9.17) is 5.84 Å². The molecule has 2 heterocycles. The van der Waals surface area contributed by atoms with Crippen LogP contribution >= 0.6 is 0 Å². The van der Waals surface area contributed by atoms with Gasteiger partial charge in [-0.1, -0.05) is 0 Å². The van der Waals surface area contributed by atoms with Gasteiger partial charge < -0.3 is 10.3 Å². The molecule has 1 aliphatic rings. The monoisotopic (exact) mass is 242 g/mol. The van der Waals surface area contributed by atoms with E-state index >= 15 is 0 Å². The quantitative estimate of drug-likeness (QED) is 0.627. The van der Waals surface area contributed by atoms with Gasteiger partial charge in [0.05, 0.1) is 11.2 Å². The molecule has 0 amide bonds. The van der Waals surface area contributed by atoms with Crippen molar-refractivity contribution in [3.8, 4) is 0 Å². The largest absolute Gasteiger partial charge is 0.372 e. The van der Waals surface area contributed by atoms with Gasteiger partial charge in [0.2, 0.25) is 0 Å². The topological polar surface area (TPSA) is 54.2 Å². The van der Waals surface area contributed by atoms with Gasteiger partial charge in [-0.05, 0) is 44.0 Å². The zero-order valence-electron chi connectivity index (χ0n) is 10.6. The molecular formula is C14H18N4. The maximum absolute atomic E-state index is 5.60. The molecule has 0 atom stereocenters. The molecule has 4 nitrogen and oxygen atoms in total. The van der Waals surface area contributed by atoms with Gasteiger partial charge in [-0.2, -0.15) is 0 Å². The van der Waals surface area contributed by atoms with Crippen LogP contribution in [0.5, 0.6) is 0 Å². The third-order valence-corrected chi connectivity index (χ3v) is 3.55. The maximum atomic E-state index is 5.60. The minimum Gasteiger partial charge on any atom is -0.372 e. The maximum Gasteiger partial charge on any atom is 0.0727 e. The molecule has 2 aromatic rings. The molecule has 18 heavy (non-hydrogen) atoms. The predicted molar refractivity (Wildman–Crippen MR) is 75.7 cm³/mol. The zero-order chi connectivity index (χ0) is 12.5. The summed E-state index contributed by atoms with van der Waals surface area (Å²) < 4.78 is 0. The number of rotatable bonds is 2. The lowest BCUT2D eigenvalue weighted by Gasteiger charge is -2.18. The number of aryl methyl sites for hydroxylation is 1. The lowest BCUT2D eigenvalue weighted by molar-refractivity contribution is 0.949. The highest BCUT2D eigenvalue weighted by atomic mass is 15.2. The van der Waals surface area contributed by atoms with Crippen molar-refractivity contribution in [2.24, 2.45) is 5.84 Å². The highest BCUT2D eigenvalue weighted by Gasteiger charge is 2.13. The molecule has 0 saturated carbocycles. The molecule has 0 radical (unpaired) electrons. The zero-order valence-corrected chi connectivity index (χ0v) is 10.6. The molecule has 1 aliphatic heterocycles. The summed E-state index contributed by atoms with van der Waals surface area (Å²) in [5.41, 5.74) is 6.95. The first-order chi connectivity index (χ1) is 8.78. The average Bonchev–Trinajstić information content (AvgIpc) is 2.91. The van der Waals surface area contributed by atoms with Crippen LogP contribution in [0.1, 0.15) is 18.5 Å². The molecule has 3 N–H and O–H groups in total. The molecular weight excluding hydrogens is 224 g/mol. The summed E-state index contributed by atoms with van der Waals surface area (Å²) in [7, 11) is 0. The Morgan fingerprint density at radius 2 is 2.00 bits per heavy atom. The Kier molecular flexibility index (Phi) is 2.80. The molecule has 1 fully saturated rings. The molecule has 3 rings (SSSR count). The van der Waals surface area contributed by atoms with Gasteiger partial charge in [-0.15, -0.1) is 0 Å². The van der Waals surface area contributed by atoms with Crippen molar-refractivity contribution in [3.63, 3.8) is 0 Å². The van der Waals surface area contributed by atoms with Crippen LogP contribution in [-0.2, 0) is 0 Å². The van der Waals surface area contributed by atoms with Gasteiger partial charge in [-0.3, -0.25) is 10.8 Å². The van der Waals surface area contributed by atoms with E-state index in [1.54, 1.807) is 0 Å². The third kappa shape index (κ3) is 1.88. The summed E-state index contributed by atoms with van der Waals surface area (Å²) in [4.78, 5) is 6.95. The van der Waals surface area contributed by atoms with Crippen LogP contribution in [0.15, 0.2) is 24.3 Å². The highest BCUT2D eigenvalue weighted by molar-refractivity contribution is 5.93. The Morgan fingerprint density at radius 1 is 1.22 bits per heavy atom. The Balaban J connectivity index is 2.12. The Labute approximate surface area is 107 Å². The fraction of sp³-hybridized carbons (Fsp3) is 0.357. The molecule has 0 bridgehead atoms. The van der Waals surface area contributed by atoms with Gasteiger partial charge in [0.1, 0.15) is 0 Å². The second-order valence-corrected chi connectivity index (χ2v) is 4.85. The van der Waals surface area contributed by atoms with Crippen molar-refractivity contribution < 1.29 is 0 Å². The first kappa shape index (κ1) is 11.3. The number of nitrogens with two attached hydrogens (primary N) is 1. The van der Waals surface area contributed by atoms with Gasteiger partial charge in [-0.25, -0.2) is 0 Å². The number of hydrazine groups is 1. The number of nitrogens with zero attached hydrogens (tertiary/aromatic N) is 2. The van der Waals surface area contributed by atoms with Crippen LogP contribution in [0.3, 0.4) is 0 Å². The second-order valence-electron chi connectivity index (χ2n) is 4.85. The Hall–Kier alpha value is -1.81. The van der Waals surface area contributed by atoms with Crippen molar-refractivity contribution in [2.75, 3.05) is 23.4 Å². The summed E-state index contributed by atoms with van der Waals surface area (Å²) in [5, 5.41) is 1.09. The lowest BCUT2D eigenvalue weighted by Crippen LogP contribution is -2.17. The van der Waals surface area contributed by atoms with Crippen molar-refractivity contribution >= 4 is 22.3 Å². The van der Waals surface area contributed by atoms with Gasteiger partial charge in [0, 0.05) is 29.9 Å². The number of pyridine rings is 1. The normalized spacial score (nSPS) is 15.3. The van der Waals surface area contributed by atoms with E-state index in [0.717, 1.165) is 35.4 Å². The molecule has 4 heteroatoms. The number of anilines is 2. The summed E-state index contributed by atoms with van der Waals surface area (Å²) >= 11 is 0. The summed E-state index contributed by atoms with van der Waals surface area (Å²) in [5.74, 6) is 5.60. The second kappa shape index (κ2) is 4.46. The molecule has 1 aromatic carbocycles. The van der Waals surface area contributed by atoms with E-state index in [1.165, 1.54) is 18.5 Å². The first-order valence-electron chi connectivity index (χ1n) is 6.41. The van der Waals surface area contributed by atoms with Crippen LogP contribution in [0.4, 0.5) is 11.4 Å². The van der Waals surface area contributed by atoms with Crippen molar-refractivity contribution in [3.05, 3.63) is 30.0 Å². The highest BCUT2D eigenvalue weighted by Crippen LogP contribution is 2.28. The predicted octanol–water partition coefficient (Wildman–Crippen LogP) is 2.43. The number of benzene rings is 1. The summed E-state index contributed by atoms with van der Waals surface area (Å²) in [6, 6.07) is 8.40. The van der Waals surface area contributed by atoms with Crippen molar-refractivity contribution in [1.82, 2.24) is 4.98 Å². The minimum atomic E-state index is 0.943. The van der Waals surface area contributed by atoms with Crippen LogP contribution in [0.25, 0.3) is 10.9 Å². The summed E-state index contributed by atoms with van der Waals surface area (Å²) in [6.45, 7) is 4.28. The van der Waals surface area contributed by atoms with E-state index < -0.39 is 0 Å². The number of fused-ring (bicyclic) bond motifs is 1. The van der Waals surface area contributed by atoms with E-state index in [-0.39, 0.29) is 0 Å². The number of hydrogen-bond acceptors (Lipinski definition) is 4. The fourth-order valence-corrected chi connectivity index (χ4v) is 2.64. The Bertz CT molecular complexity index is 573. The summed E-state index contributed by atoms with van der Waals surface area (Å²) in [6.07, 6.45) is 2.57. The molecule has 94 valence electrons. The smallest absolute Gasteiger partial charge is 0.0727 e. The fourth-order valence-electron chi connectivity index (χ4n) is 2.64. The van der Waals surface area contributed by atoms with Gasteiger partial charge >= 0.3 is 0 Å². The van der Waals surface area contributed by atoms with Crippen LogP contribution < -0.4 is 16.2 Å². The standard InChI is InChI=1S/C14H18N4/c1-10-8-14(17-15)12-9-11(4-5-13(12)16-10)18-6-2-3-7-18/h4-5,8-9H,2-3,6-7,15H2,1H3,(H,16,17). The molecule has 1 saturated heterocycles. The first-order valence-corrected chi connectivity index (χ1v) is 6.41. The number of nitrogens with one attached hydrogen (secondary N) is 1. The van der Waals surface area contributed by atoms with Gasteiger partial charge in [0.15, 0.2) is 0 Å². The van der Waals surface area contributed by atoms with E-state index in [1.807, 2.05) is 13.0 Å². The SMILES string of the molecule is Cc1cc(NN)c2cc(N3CCCC3)ccc2n1.